The van der Waals surface area contributed by atoms with Crippen LogP contribution in [0, 0.1) is 0 Å². The molecule has 0 aliphatic carbocycles. The highest BCUT2D eigenvalue weighted by molar-refractivity contribution is 6.33. The number of hydrogen-bond acceptors (Lipinski definition) is 4. The average molecular weight is 337 g/mol. The van der Waals surface area contributed by atoms with Crippen molar-refractivity contribution in [1.29, 1.82) is 0 Å². The Kier molecular flexibility index (Phi) is 4.18. The Hall–Kier alpha value is -1.85. The Morgan fingerprint density at radius 2 is 2.18 bits per heavy atom. The lowest BCUT2D eigenvalue weighted by atomic mass is 9.97. The molecule has 1 N–H and O–H groups in total. The van der Waals surface area contributed by atoms with Crippen LogP contribution in [-0.2, 0) is 6.42 Å². The van der Waals surface area contributed by atoms with Gasteiger partial charge in [0, 0.05) is 13.1 Å². The number of nitrogens with one attached hydrogen (secondary N) is 1. The molecule has 3 rings (SSSR count). The van der Waals surface area contributed by atoms with E-state index in [1.807, 2.05) is 30.0 Å². The van der Waals surface area contributed by atoms with Crippen molar-refractivity contribution in [2.24, 2.45) is 0 Å². The predicted octanol–water partition coefficient (Wildman–Crippen LogP) is 3.55. The SMILES string of the molecule is CCN1CCc2cccc(Nc3nc(Cl)ncc3Cl)c2C1=O. The van der Waals surface area contributed by atoms with Gasteiger partial charge in [0.1, 0.15) is 5.02 Å². The Bertz CT molecular complexity index is 735. The lowest BCUT2D eigenvalue weighted by Gasteiger charge is -2.29. The van der Waals surface area contributed by atoms with Crippen molar-refractivity contribution in [2.45, 2.75) is 13.3 Å². The molecule has 0 unspecified atom stereocenters. The van der Waals surface area contributed by atoms with Gasteiger partial charge in [-0.05, 0) is 36.6 Å². The molecule has 0 saturated carbocycles. The zero-order valence-electron chi connectivity index (χ0n) is 11.9. The summed E-state index contributed by atoms with van der Waals surface area (Å²) in [6.07, 6.45) is 2.26. The first kappa shape index (κ1) is 15.1. The van der Waals surface area contributed by atoms with Crippen molar-refractivity contribution in [2.75, 3.05) is 18.4 Å². The predicted molar refractivity (Wildman–Crippen MR) is 87.1 cm³/mol. The molecular formula is C15H14Cl2N4O. The van der Waals surface area contributed by atoms with E-state index in [0.29, 0.717) is 28.6 Å². The fourth-order valence-electron chi connectivity index (χ4n) is 2.54. The van der Waals surface area contributed by atoms with Crippen LogP contribution in [0.15, 0.2) is 24.4 Å². The van der Waals surface area contributed by atoms with Crippen molar-refractivity contribution < 1.29 is 4.79 Å². The summed E-state index contributed by atoms with van der Waals surface area (Å²) in [5.41, 5.74) is 2.37. The molecule has 0 saturated heterocycles. The van der Waals surface area contributed by atoms with Crippen molar-refractivity contribution in [3.63, 3.8) is 0 Å². The molecular weight excluding hydrogens is 323 g/mol. The Morgan fingerprint density at radius 3 is 2.95 bits per heavy atom. The maximum Gasteiger partial charge on any atom is 0.256 e. The number of benzene rings is 1. The molecule has 1 aliphatic rings. The molecule has 0 bridgehead atoms. The van der Waals surface area contributed by atoms with Crippen molar-refractivity contribution in [1.82, 2.24) is 14.9 Å². The lowest BCUT2D eigenvalue weighted by molar-refractivity contribution is 0.0750. The molecule has 2 aromatic rings. The molecule has 0 atom stereocenters. The molecule has 5 nitrogen and oxygen atoms in total. The Morgan fingerprint density at radius 1 is 1.36 bits per heavy atom. The van der Waals surface area contributed by atoms with Gasteiger partial charge in [0.25, 0.3) is 5.91 Å². The van der Waals surface area contributed by atoms with E-state index in [1.165, 1.54) is 6.20 Å². The number of aromatic nitrogens is 2. The van der Waals surface area contributed by atoms with E-state index in [1.54, 1.807) is 0 Å². The first-order chi connectivity index (χ1) is 10.6. The lowest BCUT2D eigenvalue weighted by Crippen LogP contribution is -2.37. The van der Waals surface area contributed by atoms with Crippen LogP contribution in [0.5, 0.6) is 0 Å². The van der Waals surface area contributed by atoms with E-state index < -0.39 is 0 Å². The summed E-state index contributed by atoms with van der Waals surface area (Å²) >= 11 is 11.9. The minimum Gasteiger partial charge on any atom is -0.339 e. The number of amides is 1. The number of rotatable bonds is 3. The monoisotopic (exact) mass is 336 g/mol. The van der Waals surface area contributed by atoms with Gasteiger partial charge in [0.15, 0.2) is 5.82 Å². The zero-order valence-corrected chi connectivity index (χ0v) is 13.4. The van der Waals surface area contributed by atoms with Gasteiger partial charge in [0.05, 0.1) is 17.4 Å². The standard InChI is InChI=1S/C15H14Cl2N4O/c1-2-21-7-6-9-4-3-5-11(12(9)14(21)22)19-13-10(16)8-18-15(17)20-13/h3-5,8H,2,6-7H2,1H3,(H,18,19,20). The van der Waals surface area contributed by atoms with Gasteiger partial charge < -0.3 is 10.2 Å². The second-order valence-corrected chi connectivity index (χ2v) is 5.68. The summed E-state index contributed by atoms with van der Waals surface area (Å²) in [6, 6.07) is 5.72. The molecule has 0 spiro atoms. The second-order valence-electron chi connectivity index (χ2n) is 4.94. The van der Waals surface area contributed by atoms with Gasteiger partial charge >= 0.3 is 0 Å². The van der Waals surface area contributed by atoms with Gasteiger partial charge in [-0.1, -0.05) is 23.7 Å². The minimum atomic E-state index is 0.0168. The molecule has 114 valence electrons. The third kappa shape index (κ3) is 2.74. The molecule has 1 aliphatic heterocycles. The molecule has 1 aromatic heterocycles. The van der Waals surface area contributed by atoms with E-state index in [4.69, 9.17) is 23.2 Å². The third-order valence-corrected chi connectivity index (χ3v) is 4.11. The van der Waals surface area contributed by atoms with Gasteiger partial charge in [0.2, 0.25) is 5.28 Å². The molecule has 1 aromatic carbocycles. The number of carbonyl (C=O) groups is 1. The highest BCUT2D eigenvalue weighted by Crippen LogP contribution is 2.30. The molecule has 2 heterocycles. The molecule has 1 amide bonds. The summed E-state index contributed by atoms with van der Waals surface area (Å²) in [6.45, 7) is 3.40. The normalized spacial score (nSPS) is 14.0. The molecule has 0 radical (unpaired) electrons. The van der Waals surface area contributed by atoms with Crippen molar-refractivity contribution in [3.05, 3.63) is 45.8 Å². The number of carbonyl (C=O) groups excluding carboxylic acids is 1. The smallest absolute Gasteiger partial charge is 0.256 e. The van der Waals surface area contributed by atoms with E-state index in [2.05, 4.69) is 15.3 Å². The van der Waals surface area contributed by atoms with Crippen LogP contribution in [-0.4, -0.2) is 33.9 Å². The summed E-state index contributed by atoms with van der Waals surface area (Å²) in [4.78, 5) is 22.3. The van der Waals surface area contributed by atoms with E-state index in [0.717, 1.165) is 18.5 Å². The maximum atomic E-state index is 12.6. The number of nitrogens with zero attached hydrogens (tertiary/aromatic N) is 3. The fraction of sp³-hybridized carbons (Fsp3) is 0.267. The van der Waals surface area contributed by atoms with Crippen molar-refractivity contribution >= 4 is 40.6 Å². The Labute approximate surface area is 138 Å². The fourth-order valence-corrected chi connectivity index (χ4v) is 2.81. The van der Waals surface area contributed by atoms with Crippen molar-refractivity contribution in [3.8, 4) is 0 Å². The average Bonchev–Trinajstić information content (AvgIpc) is 2.51. The van der Waals surface area contributed by atoms with Gasteiger partial charge in [-0.3, -0.25) is 4.79 Å². The number of fused-ring (bicyclic) bond motifs is 1. The largest absolute Gasteiger partial charge is 0.339 e. The second kappa shape index (κ2) is 6.10. The summed E-state index contributed by atoms with van der Waals surface area (Å²) < 4.78 is 0. The molecule has 7 heteroatoms. The summed E-state index contributed by atoms with van der Waals surface area (Å²) in [5.74, 6) is 0.402. The van der Waals surface area contributed by atoms with Crippen LogP contribution >= 0.6 is 23.2 Å². The number of hydrogen-bond donors (Lipinski definition) is 1. The van der Waals surface area contributed by atoms with E-state index >= 15 is 0 Å². The topological polar surface area (TPSA) is 58.1 Å². The third-order valence-electron chi connectivity index (χ3n) is 3.65. The minimum absolute atomic E-state index is 0.0168. The number of halogens is 2. The van der Waals surface area contributed by atoms with E-state index in [9.17, 15) is 4.79 Å². The van der Waals surface area contributed by atoms with Crippen LogP contribution in [0.4, 0.5) is 11.5 Å². The van der Waals surface area contributed by atoms with Crippen LogP contribution < -0.4 is 5.32 Å². The Balaban J connectivity index is 2.02. The highest BCUT2D eigenvalue weighted by Gasteiger charge is 2.26. The van der Waals surface area contributed by atoms with Gasteiger partial charge in [-0.2, -0.15) is 4.98 Å². The first-order valence-electron chi connectivity index (χ1n) is 6.96. The van der Waals surface area contributed by atoms with Crippen LogP contribution in [0.2, 0.25) is 10.3 Å². The maximum absolute atomic E-state index is 12.6. The zero-order chi connectivity index (χ0) is 15.7. The summed E-state index contributed by atoms with van der Waals surface area (Å²) in [7, 11) is 0. The molecule has 0 fully saturated rings. The number of anilines is 2. The van der Waals surface area contributed by atoms with Gasteiger partial charge in [-0.25, -0.2) is 4.98 Å². The highest BCUT2D eigenvalue weighted by atomic mass is 35.5. The molecule has 22 heavy (non-hydrogen) atoms. The quantitative estimate of drug-likeness (QED) is 0.871. The van der Waals surface area contributed by atoms with Crippen LogP contribution in [0.1, 0.15) is 22.8 Å². The number of likely N-dealkylation sites (N-methyl/N-ethyl adjacent to an activating group) is 1. The first-order valence-corrected chi connectivity index (χ1v) is 7.72. The van der Waals surface area contributed by atoms with Crippen LogP contribution in [0.3, 0.4) is 0 Å². The van der Waals surface area contributed by atoms with Crippen LogP contribution in [0.25, 0.3) is 0 Å². The van der Waals surface area contributed by atoms with E-state index in [-0.39, 0.29) is 11.2 Å². The van der Waals surface area contributed by atoms with Gasteiger partial charge in [-0.15, -0.1) is 0 Å². The summed E-state index contributed by atoms with van der Waals surface area (Å²) in [5, 5.41) is 3.54.